The van der Waals surface area contributed by atoms with E-state index in [0.29, 0.717) is 11.6 Å². The summed E-state index contributed by atoms with van der Waals surface area (Å²) < 4.78 is 26.2. The average Bonchev–Trinajstić information content (AvgIpc) is 3.26. The van der Waals surface area contributed by atoms with Crippen LogP contribution in [0.15, 0.2) is 39.7 Å². The second kappa shape index (κ2) is 7.20. The molecule has 1 fully saturated rings. The Morgan fingerprint density at radius 1 is 1.36 bits per heavy atom. The van der Waals surface area contributed by atoms with E-state index in [1.54, 1.807) is 4.90 Å². The van der Waals surface area contributed by atoms with Gasteiger partial charge in [0.1, 0.15) is 5.70 Å². The molecule has 1 aromatic carbocycles. The highest BCUT2D eigenvalue weighted by molar-refractivity contribution is 6.30. The van der Waals surface area contributed by atoms with E-state index in [9.17, 15) is 13.6 Å². The number of hydrogen-bond donors (Lipinski definition) is 0. The third-order valence-corrected chi connectivity index (χ3v) is 4.73. The summed E-state index contributed by atoms with van der Waals surface area (Å²) in [7, 11) is 0. The van der Waals surface area contributed by atoms with Crippen molar-refractivity contribution in [3.05, 3.63) is 45.6 Å². The maximum Gasteiger partial charge on any atom is 0.282 e. The zero-order valence-corrected chi connectivity index (χ0v) is 14.9. The van der Waals surface area contributed by atoms with Gasteiger partial charge in [0.05, 0.1) is 12.1 Å². The van der Waals surface area contributed by atoms with Crippen LogP contribution >= 0.6 is 11.6 Å². The van der Waals surface area contributed by atoms with E-state index in [0.717, 1.165) is 24.0 Å². The van der Waals surface area contributed by atoms with Crippen molar-refractivity contribution >= 4 is 17.5 Å². The quantitative estimate of drug-likeness (QED) is 0.702. The van der Waals surface area contributed by atoms with Gasteiger partial charge in [0.15, 0.2) is 0 Å². The summed E-state index contributed by atoms with van der Waals surface area (Å²) in [6.07, 6.45) is -1.02. The van der Waals surface area contributed by atoms with Gasteiger partial charge in [-0.25, -0.2) is 8.78 Å². The summed E-state index contributed by atoms with van der Waals surface area (Å²) in [5.74, 6) is -0.117. The summed E-state index contributed by atoms with van der Waals surface area (Å²) in [6, 6.07) is 5.72. The molecule has 0 unspecified atom stereocenters. The number of carbonyl (C=O) groups is 1. The van der Waals surface area contributed by atoms with Gasteiger partial charge in [-0.3, -0.25) is 4.79 Å². The molecule has 25 heavy (non-hydrogen) atoms. The number of carbonyl (C=O) groups excluding carboxylic acids is 1. The molecule has 1 heterocycles. The fourth-order valence-corrected chi connectivity index (χ4v) is 3.26. The maximum atomic E-state index is 13.1. The lowest BCUT2D eigenvalue weighted by atomic mass is 9.96. The minimum atomic E-state index is -2.79. The van der Waals surface area contributed by atoms with Crippen molar-refractivity contribution in [3.8, 4) is 0 Å². The Labute approximate surface area is 150 Å². The molecule has 1 aliphatic carbocycles. The first-order chi connectivity index (χ1) is 11.9. The molecule has 0 saturated heterocycles. The number of nitrogens with zero attached hydrogens (tertiary/aromatic N) is 3. The highest BCUT2D eigenvalue weighted by atomic mass is 35.5. The molecule has 3 rings (SSSR count). The van der Waals surface area contributed by atoms with Crippen LogP contribution in [0, 0.1) is 0 Å². The number of azo groups is 1. The molecule has 0 atom stereocenters. The molecule has 1 aromatic rings. The Balaban J connectivity index is 1.90. The number of alkyl halides is 2. The molecule has 7 heteroatoms. The lowest BCUT2D eigenvalue weighted by Crippen LogP contribution is -2.35. The smallest absolute Gasteiger partial charge is 0.282 e. The first-order valence-electron chi connectivity index (χ1n) is 8.36. The van der Waals surface area contributed by atoms with Gasteiger partial charge in [-0.2, -0.15) is 10.2 Å². The second-order valence-electron chi connectivity index (χ2n) is 6.73. The molecule has 0 N–H and O–H groups in total. The molecular formula is C18H20ClF2N3O. The van der Waals surface area contributed by atoms with Crippen molar-refractivity contribution in [3.63, 3.8) is 0 Å². The van der Waals surface area contributed by atoms with Crippen LogP contribution in [-0.2, 0) is 11.3 Å². The van der Waals surface area contributed by atoms with E-state index in [1.807, 2.05) is 18.2 Å². The molecule has 1 saturated carbocycles. The van der Waals surface area contributed by atoms with Crippen molar-refractivity contribution in [1.29, 1.82) is 0 Å². The summed E-state index contributed by atoms with van der Waals surface area (Å²) >= 11 is 6.13. The number of allylic oxidation sites excluding steroid dienone is 1. The minimum Gasteiger partial charge on any atom is -0.331 e. The Morgan fingerprint density at radius 3 is 2.68 bits per heavy atom. The van der Waals surface area contributed by atoms with Crippen molar-refractivity contribution in [1.82, 2.24) is 4.90 Å². The van der Waals surface area contributed by atoms with Crippen molar-refractivity contribution in [2.45, 2.75) is 51.6 Å². The van der Waals surface area contributed by atoms with E-state index >= 15 is 0 Å². The van der Waals surface area contributed by atoms with Gasteiger partial charge in [-0.05, 0) is 42.0 Å². The Kier molecular flexibility index (Phi) is 5.18. The highest BCUT2D eigenvalue weighted by Gasteiger charge is 2.37. The molecule has 0 spiro atoms. The number of halogens is 3. The lowest BCUT2D eigenvalue weighted by molar-refractivity contribution is -0.128. The minimum absolute atomic E-state index is 0.00928. The van der Waals surface area contributed by atoms with Crippen LogP contribution in [0.3, 0.4) is 0 Å². The van der Waals surface area contributed by atoms with Gasteiger partial charge in [-0.1, -0.05) is 31.5 Å². The molecule has 0 radical (unpaired) electrons. The SMILES string of the molecule is CC(C)c1ccc(Cl)cc1CN(C(=O)C1=C(C(F)F)N=NC1)C1CC1. The first kappa shape index (κ1) is 18.0. The third-order valence-electron chi connectivity index (χ3n) is 4.50. The van der Waals surface area contributed by atoms with Gasteiger partial charge in [0.2, 0.25) is 0 Å². The van der Waals surface area contributed by atoms with E-state index < -0.39 is 18.0 Å². The first-order valence-corrected chi connectivity index (χ1v) is 8.74. The Hall–Kier alpha value is -1.82. The standard InChI is InChI=1S/C18H20ClF2N3O/c1-10(2)14-6-3-12(19)7-11(14)9-24(13-4-5-13)18(25)15-8-22-23-16(15)17(20)21/h3,6-7,10,13,17H,4-5,8-9H2,1-2H3. The molecule has 1 amide bonds. The molecule has 0 bridgehead atoms. The number of hydrogen-bond acceptors (Lipinski definition) is 3. The number of rotatable bonds is 6. The Bertz CT molecular complexity index is 742. The van der Waals surface area contributed by atoms with Gasteiger partial charge in [0, 0.05) is 17.6 Å². The average molecular weight is 368 g/mol. The third kappa shape index (κ3) is 3.89. The lowest BCUT2D eigenvalue weighted by Gasteiger charge is -2.25. The zero-order chi connectivity index (χ0) is 18.1. The molecule has 0 aromatic heterocycles. The van der Waals surface area contributed by atoms with E-state index in [1.165, 1.54) is 0 Å². The van der Waals surface area contributed by atoms with E-state index in [4.69, 9.17) is 11.6 Å². The second-order valence-corrected chi connectivity index (χ2v) is 7.16. The fourth-order valence-electron chi connectivity index (χ4n) is 3.06. The van der Waals surface area contributed by atoms with E-state index in [-0.39, 0.29) is 24.1 Å². The van der Waals surface area contributed by atoms with Crippen molar-refractivity contribution in [2.75, 3.05) is 6.54 Å². The summed E-state index contributed by atoms with van der Waals surface area (Å²) in [6.45, 7) is 4.43. The van der Waals surface area contributed by atoms with Gasteiger partial charge in [-0.15, -0.1) is 0 Å². The van der Waals surface area contributed by atoms with Crippen LogP contribution in [0.1, 0.15) is 43.7 Å². The predicted molar refractivity (Wildman–Crippen MR) is 91.9 cm³/mol. The number of benzene rings is 1. The molecule has 2 aliphatic rings. The molecule has 1 aliphatic heterocycles. The fraction of sp³-hybridized carbons (Fsp3) is 0.500. The number of amides is 1. The Morgan fingerprint density at radius 2 is 2.08 bits per heavy atom. The van der Waals surface area contributed by atoms with Crippen molar-refractivity contribution in [2.24, 2.45) is 10.2 Å². The van der Waals surface area contributed by atoms with Crippen LogP contribution in [-0.4, -0.2) is 29.8 Å². The molecule has 4 nitrogen and oxygen atoms in total. The molecule has 134 valence electrons. The molecular weight excluding hydrogens is 348 g/mol. The summed E-state index contributed by atoms with van der Waals surface area (Å²) in [4.78, 5) is 14.6. The van der Waals surface area contributed by atoms with Crippen LogP contribution in [0.4, 0.5) is 8.78 Å². The monoisotopic (exact) mass is 367 g/mol. The van der Waals surface area contributed by atoms with Crippen LogP contribution < -0.4 is 0 Å². The summed E-state index contributed by atoms with van der Waals surface area (Å²) in [5, 5.41) is 7.67. The van der Waals surface area contributed by atoms with Gasteiger partial charge < -0.3 is 4.90 Å². The zero-order valence-electron chi connectivity index (χ0n) is 14.2. The van der Waals surface area contributed by atoms with Gasteiger partial charge >= 0.3 is 0 Å². The van der Waals surface area contributed by atoms with Gasteiger partial charge in [0.25, 0.3) is 12.3 Å². The normalized spacial score (nSPS) is 17.1. The topological polar surface area (TPSA) is 45.0 Å². The highest BCUT2D eigenvalue weighted by Crippen LogP contribution is 2.34. The van der Waals surface area contributed by atoms with Crippen LogP contribution in [0.25, 0.3) is 0 Å². The van der Waals surface area contributed by atoms with E-state index in [2.05, 4.69) is 24.1 Å². The largest absolute Gasteiger partial charge is 0.331 e. The summed E-state index contributed by atoms with van der Waals surface area (Å²) in [5.41, 5.74) is 1.57. The predicted octanol–water partition coefficient (Wildman–Crippen LogP) is 4.94. The van der Waals surface area contributed by atoms with Crippen LogP contribution in [0.5, 0.6) is 0 Å². The maximum absolute atomic E-state index is 13.1. The van der Waals surface area contributed by atoms with Crippen molar-refractivity contribution < 1.29 is 13.6 Å². The van der Waals surface area contributed by atoms with Crippen LogP contribution in [0.2, 0.25) is 5.02 Å².